The van der Waals surface area contributed by atoms with Crippen LogP contribution in [0.25, 0.3) is 0 Å². The molecule has 0 spiro atoms. The fourth-order valence-electron chi connectivity index (χ4n) is 4.16. The predicted molar refractivity (Wildman–Crippen MR) is 128 cm³/mol. The van der Waals surface area contributed by atoms with Gasteiger partial charge in [0.05, 0.1) is 11.2 Å². The van der Waals surface area contributed by atoms with E-state index < -0.39 is 5.60 Å². The number of nitrogens with one attached hydrogen (secondary N) is 1. The number of hydrogen-bond acceptors (Lipinski definition) is 5. The highest BCUT2D eigenvalue weighted by atomic mass is 16.3. The van der Waals surface area contributed by atoms with Crippen molar-refractivity contribution in [1.82, 2.24) is 9.88 Å². The molecule has 2 N–H and O–H groups in total. The summed E-state index contributed by atoms with van der Waals surface area (Å²) >= 11 is 0. The number of amides is 1. The van der Waals surface area contributed by atoms with E-state index in [1.807, 2.05) is 67.4 Å². The molecule has 2 aromatic carbocycles. The lowest BCUT2D eigenvalue weighted by atomic mass is 10.0. The topological polar surface area (TPSA) is 68.7 Å². The van der Waals surface area contributed by atoms with Crippen LogP contribution in [0.2, 0.25) is 0 Å². The third-order valence-corrected chi connectivity index (χ3v) is 5.90. The van der Waals surface area contributed by atoms with Crippen molar-refractivity contribution in [3.05, 3.63) is 89.6 Å². The zero-order chi connectivity index (χ0) is 22.6. The Morgan fingerprint density at radius 1 is 1.12 bits per heavy atom. The van der Waals surface area contributed by atoms with Gasteiger partial charge < -0.3 is 15.3 Å². The highest BCUT2D eigenvalue weighted by molar-refractivity contribution is 6.04. The number of hydrogen-bond donors (Lipinski definition) is 2. The summed E-state index contributed by atoms with van der Waals surface area (Å²) in [5.74, 6) is 0.536. The van der Waals surface area contributed by atoms with Crippen LogP contribution in [0.3, 0.4) is 0 Å². The molecule has 3 aromatic rings. The van der Waals surface area contributed by atoms with E-state index in [9.17, 15) is 9.90 Å². The fraction of sp³-hybridized carbons (Fsp3) is 0.308. The first kappa shape index (κ1) is 22.0. The summed E-state index contributed by atoms with van der Waals surface area (Å²) in [6, 6.07) is 21.6. The molecule has 1 aromatic heterocycles. The van der Waals surface area contributed by atoms with Gasteiger partial charge in [-0.05, 0) is 43.2 Å². The molecule has 0 radical (unpaired) electrons. The molecule has 1 aliphatic heterocycles. The molecule has 166 valence electrons. The number of likely N-dealkylation sites (tertiary alicyclic amines) is 1. The number of aliphatic hydroxyl groups is 1. The van der Waals surface area contributed by atoms with Crippen LogP contribution in [-0.2, 0) is 6.54 Å². The molecule has 1 aliphatic rings. The number of β-amino-alcohol motifs (C(OH)–C–C–N with tert-alkyl or cyclic N) is 1. The summed E-state index contributed by atoms with van der Waals surface area (Å²) in [5.41, 5.74) is 2.87. The standard InChI is InChI=1S/C26H30N4O2/c1-20-8-11-23(12-9-20)28-25(31)22-10-13-24(27-16-22)29(2)18-26(32)14-15-30(19-26)17-21-6-4-3-5-7-21/h3-13,16,32H,14-15,17-19H2,1-2H3,(H,28,31). The van der Waals surface area contributed by atoms with Gasteiger partial charge in [0.25, 0.3) is 5.91 Å². The Hall–Kier alpha value is -3.22. The summed E-state index contributed by atoms with van der Waals surface area (Å²) < 4.78 is 0. The summed E-state index contributed by atoms with van der Waals surface area (Å²) in [7, 11) is 1.92. The van der Waals surface area contributed by atoms with Crippen molar-refractivity contribution in [2.75, 3.05) is 36.9 Å². The van der Waals surface area contributed by atoms with E-state index in [4.69, 9.17) is 0 Å². The maximum atomic E-state index is 12.5. The molecule has 32 heavy (non-hydrogen) atoms. The molecular weight excluding hydrogens is 400 g/mol. The van der Waals surface area contributed by atoms with Crippen molar-refractivity contribution < 1.29 is 9.90 Å². The number of anilines is 2. The molecule has 0 saturated carbocycles. The minimum absolute atomic E-state index is 0.193. The summed E-state index contributed by atoms with van der Waals surface area (Å²) in [4.78, 5) is 21.2. The van der Waals surface area contributed by atoms with Crippen LogP contribution in [-0.4, -0.2) is 53.2 Å². The first-order valence-electron chi connectivity index (χ1n) is 10.9. The maximum Gasteiger partial charge on any atom is 0.257 e. The SMILES string of the molecule is Cc1ccc(NC(=O)c2ccc(N(C)CC3(O)CCN(Cc4ccccc4)C3)nc2)cc1. The number of carbonyl (C=O) groups excluding carboxylic acids is 1. The summed E-state index contributed by atoms with van der Waals surface area (Å²) in [6.07, 6.45) is 2.30. The van der Waals surface area contributed by atoms with E-state index in [1.54, 1.807) is 12.3 Å². The van der Waals surface area contributed by atoms with Crippen molar-refractivity contribution in [1.29, 1.82) is 0 Å². The Bertz CT molecular complexity index is 1040. The average Bonchev–Trinajstić information content (AvgIpc) is 3.16. The van der Waals surface area contributed by atoms with Gasteiger partial charge in [-0.2, -0.15) is 0 Å². The molecule has 2 heterocycles. The van der Waals surface area contributed by atoms with Crippen molar-refractivity contribution in [2.24, 2.45) is 0 Å². The third kappa shape index (κ3) is 5.52. The van der Waals surface area contributed by atoms with Crippen LogP contribution in [0.4, 0.5) is 11.5 Å². The number of likely N-dealkylation sites (N-methyl/N-ethyl adjacent to an activating group) is 1. The monoisotopic (exact) mass is 430 g/mol. The van der Waals surface area contributed by atoms with Crippen molar-refractivity contribution in [3.8, 4) is 0 Å². The molecule has 0 bridgehead atoms. The fourth-order valence-corrected chi connectivity index (χ4v) is 4.16. The highest BCUT2D eigenvalue weighted by Crippen LogP contribution is 2.25. The van der Waals surface area contributed by atoms with Gasteiger partial charge in [-0.15, -0.1) is 0 Å². The second-order valence-corrected chi connectivity index (χ2v) is 8.75. The minimum atomic E-state index is -0.785. The minimum Gasteiger partial charge on any atom is -0.387 e. The van der Waals surface area contributed by atoms with Gasteiger partial charge in [-0.1, -0.05) is 48.0 Å². The van der Waals surface area contributed by atoms with Crippen molar-refractivity contribution >= 4 is 17.4 Å². The Morgan fingerprint density at radius 3 is 2.56 bits per heavy atom. The van der Waals surface area contributed by atoms with Crippen molar-refractivity contribution in [2.45, 2.75) is 25.5 Å². The van der Waals surface area contributed by atoms with Gasteiger partial charge in [-0.3, -0.25) is 9.69 Å². The molecule has 1 amide bonds. The Kier molecular flexibility index (Phi) is 6.53. The van der Waals surface area contributed by atoms with E-state index in [2.05, 4.69) is 27.3 Å². The van der Waals surface area contributed by atoms with E-state index in [-0.39, 0.29) is 5.91 Å². The number of rotatable bonds is 7. The largest absolute Gasteiger partial charge is 0.387 e. The van der Waals surface area contributed by atoms with E-state index in [0.717, 1.165) is 36.6 Å². The van der Waals surface area contributed by atoms with E-state index in [0.29, 0.717) is 18.7 Å². The predicted octanol–water partition coefficient (Wildman–Crippen LogP) is 3.72. The van der Waals surface area contributed by atoms with Crippen LogP contribution in [0, 0.1) is 6.92 Å². The lowest BCUT2D eigenvalue weighted by molar-refractivity contribution is 0.0561. The third-order valence-electron chi connectivity index (χ3n) is 5.90. The normalized spacial score (nSPS) is 18.5. The molecule has 1 unspecified atom stereocenters. The number of aryl methyl sites for hydroxylation is 1. The van der Waals surface area contributed by atoms with Crippen molar-refractivity contribution in [3.63, 3.8) is 0 Å². The van der Waals surface area contributed by atoms with Gasteiger partial charge >= 0.3 is 0 Å². The Labute approximate surface area is 189 Å². The molecule has 0 aliphatic carbocycles. The first-order valence-corrected chi connectivity index (χ1v) is 10.9. The first-order chi connectivity index (χ1) is 15.4. The Morgan fingerprint density at radius 2 is 1.88 bits per heavy atom. The van der Waals surface area contributed by atoms with E-state index >= 15 is 0 Å². The highest BCUT2D eigenvalue weighted by Gasteiger charge is 2.37. The second-order valence-electron chi connectivity index (χ2n) is 8.75. The molecule has 6 nitrogen and oxygen atoms in total. The lowest BCUT2D eigenvalue weighted by Gasteiger charge is -2.29. The quantitative estimate of drug-likeness (QED) is 0.598. The van der Waals surface area contributed by atoms with Gasteiger partial charge in [0, 0.05) is 45.1 Å². The van der Waals surface area contributed by atoms with Crippen LogP contribution in [0.5, 0.6) is 0 Å². The summed E-state index contributed by atoms with van der Waals surface area (Å²) in [5, 5.41) is 14.0. The molecule has 4 rings (SSSR count). The Balaban J connectivity index is 1.32. The zero-order valence-corrected chi connectivity index (χ0v) is 18.7. The van der Waals surface area contributed by atoms with Gasteiger partial charge in [0.15, 0.2) is 0 Å². The maximum absolute atomic E-state index is 12.5. The number of carbonyl (C=O) groups is 1. The summed E-state index contributed by atoms with van der Waals surface area (Å²) in [6.45, 7) is 4.83. The molecular formula is C26H30N4O2. The molecule has 6 heteroatoms. The smallest absolute Gasteiger partial charge is 0.257 e. The number of pyridine rings is 1. The van der Waals surface area contributed by atoms with Crippen LogP contribution >= 0.6 is 0 Å². The van der Waals surface area contributed by atoms with Gasteiger partial charge in [0.2, 0.25) is 0 Å². The van der Waals surface area contributed by atoms with Gasteiger partial charge in [0.1, 0.15) is 5.82 Å². The molecule has 1 atom stereocenters. The van der Waals surface area contributed by atoms with Gasteiger partial charge in [-0.25, -0.2) is 4.98 Å². The van der Waals surface area contributed by atoms with Crippen LogP contribution in [0.1, 0.15) is 27.9 Å². The number of benzene rings is 2. The van der Waals surface area contributed by atoms with Crippen LogP contribution < -0.4 is 10.2 Å². The van der Waals surface area contributed by atoms with E-state index in [1.165, 1.54) is 5.56 Å². The number of nitrogens with zero attached hydrogens (tertiary/aromatic N) is 3. The number of aromatic nitrogens is 1. The second kappa shape index (κ2) is 9.51. The average molecular weight is 431 g/mol. The molecule has 1 saturated heterocycles. The molecule has 1 fully saturated rings. The zero-order valence-electron chi connectivity index (χ0n) is 18.7. The lowest BCUT2D eigenvalue weighted by Crippen LogP contribution is -2.44. The van der Waals surface area contributed by atoms with Crippen LogP contribution in [0.15, 0.2) is 72.9 Å².